The third-order valence-electron chi connectivity index (χ3n) is 4.16. The molecule has 0 bridgehead atoms. The van der Waals surface area contributed by atoms with Gasteiger partial charge in [-0.05, 0) is 80.5 Å². The van der Waals surface area contributed by atoms with Gasteiger partial charge in [-0.3, -0.25) is 14.9 Å². The Morgan fingerprint density at radius 3 is 2.10 bits per heavy atom. The lowest BCUT2D eigenvalue weighted by molar-refractivity contribution is -0.116. The minimum Gasteiger partial charge on any atom is -0.491 e. The molecule has 2 aromatic carbocycles. The minimum absolute atomic E-state index is 0.0171. The summed E-state index contributed by atoms with van der Waals surface area (Å²) in [6, 6.07) is 14.0. The van der Waals surface area contributed by atoms with Crippen molar-refractivity contribution in [1.29, 1.82) is 0 Å². The number of carbonyl (C=O) groups excluding carboxylic acids is 2. The molecule has 6 nitrogen and oxygen atoms in total. The number of hydrogen-bond donors (Lipinski definition) is 3. The van der Waals surface area contributed by atoms with Crippen molar-refractivity contribution in [2.75, 3.05) is 10.6 Å². The van der Waals surface area contributed by atoms with Crippen LogP contribution in [0, 0.1) is 0 Å². The molecule has 0 heterocycles. The van der Waals surface area contributed by atoms with Crippen LogP contribution < -0.4 is 20.7 Å². The lowest BCUT2D eigenvalue weighted by atomic mass is 10.2. The lowest BCUT2D eigenvalue weighted by Crippen LogP contribution is -2.34. The molecule has 0 radical (unpaired) electrons. The monoisotopic (exact) mass is 413 g/mol. The molecule has 29 heavy (non-hydrogen) atoms. The molecular formula is C22H27N3O3S. The fraction of sp³-hybridized carbons (Fsp3) is 0.318. The van der Waals surface area contributed by atoms with Crippen LogP contribution >= 0.6 is 12.2 Å². The fourth-order valence-electron chi connectivity index (χ4n) is 2.43. The number of ether oxygens (including phenoxy) is 1. The Kier molecular flexibility index (Phi) is 8.61. The van der Waals surface area contributed by atoms with E-state index in [1.54, 1.807) is 48.5 Å². The average molecular weight is 414 g/mol. The zero-order chi connectivity index (χ0) is 21.2. The van der Waals surface area contributed by atoms with E-state index in [-0.39, 0.29) is 23.0 Å². The van der Waals surface area contributed by atoms with Crippen LogP contribution in [0.25, 0.3) is 0 Å². The van der Waals surface area contributed by atoms with Crippen molar-refractivity contribution in [1.82, 2.24) is 5.32 Å². The Labute approximate surface area is 177 Å². The number of carbonyl (C=O) groups is 2. The number of rotatable bonds is 8. The topological polar surface area (TPSA) is 79.5 Å². The van der Waals surface area contributed by atoms with E-state index in [1.807, 2.05) is 13.8 Å². The van der Waals surface area contributed by atoms with Crippen LogP contribution in [0.3, 0.4) is 0 Å². The van der Waals surface area contributed by atoms with Crippen LogP contribution in [-0.2, 0) is 4.79 Å². The maximum Gasteiger partial charge on any atom is 0.257 e. The van der Waals surface area contributed by atoms with Gasteiger partial charge in [0.1, 0.15) is 5.75 Å². The van der Waals surface area contributed by atoms with Gasteiger partial charge in [-0.2, -0.15) is 0 Å². The number of nitrogens with one attached hydrogen (secondary N) is 3. The number of anilines is 2. The van der Waals surface area contributed by atoms with Crippen LogP contribution in [0.2, 0.25) is 0 Å². The van der Waals surface area contributed by atoms with Gasteiger partial charge in [0.05, 0.1) is 6.10 Å². The van der Waals surface area contributed by atoms with E-state index in [1.165, 1.54) is 0 Å². The maximum atomic E-state index is 12.3. The second-order valence-electron chi connectivity index (χ2n) is 6.64. The molecule has 0 aliphatic heterocycles. The molecule has 0 saturated heterocycles. The van der Waals surface area contributed by atoms with Gasteiger partial charge in [0.2, 0.25) is 5.91 Å². The second-order valence-corrected chi connectivity index (χ2v) is 7.05. The Balaban J connectivity index is 1.86. The molecular weight excluding hydrogens is 386 g/mol. The van der Waals surface area contributed by atoms with E-state index in [0.717, 1.165) is 18.6 Å². The highest BCUT2D eigenvalue weighted by Crippen LogP contribution is 2.16. The van der Waals surface area contributed by atoms with Crippen LogP contribution in [0.4, 0.5) is 11.4 Å². The zero-order valence-corrected chi connectivity index (χ0v) is 17.8. The predicted octanol–water partition coefficient (Wildman–Crippen LogP) is 4.73. The Morgan fingerprint density at radius 2 is 1.55 bits per heavy atom. The summed E-state index contributed by atoms with van der Waals surface area (Å²) in [5.41, 5.74) is 1.91. The van der Waals surface area contributed by atoms with Gasteiger partial charge >= 0.3 is 0 Å². The Hall–Kier alpha value is -2.93. The summed E-state index contributed by atoms with van der Waals surface area (Å²) >= 11 is 5.21. The summed E-state index contributed by atoms with van der Waals surface area (Å²) in [6.07, 6.45) is 2.32. The lowest BCUT2D eigenvalue weighted by Gasteiger charge is -2.13. The SMILES string of the molecule is CCCC(=O)Nc1ccc(NC(=S)NC(=O)c2ccc(O[C@H](C)CC)cc2)cc1. The molecule has 1 atom stereocenters. The van der Waals surface area contributed by atoms with Crippen molar-refractivity contribution >= 4 is 40.5 Å². The van der Waals surface area contributed by atoms with Crippen molar-refractivity contribution in [2.45, 2.75) is 46.1 Å². The number of hydrogen-bond acceptors (Lipinski definition) is 4. The van der Waals surface area contributed by atoms with Gasteiger partial charge in [0.25, 0.3) is 5.91 Å². The van der Waals surface area contributed by atoms with Crippen molar-refractivity contribution in [3.63, 3.8) is 0 Å². The zero-order valence-electron chi connectivity index (χ0n) is 17.0. The molecule has 2 amide bonds. The number of amides is 2. The van der Waals surface area contributed by atoms with E-state index in [0.29, 0.717) is 23.4 Å². The summed E-state index contributed by atoms with van der Waals surface area (Å²) in [6.45, 7) is 6.00. The Bertz CT molecular complexity index is 835. The summed E-state index contributed by atoms with van der Waals surface area (Å²) in [5, 5.41) is 8.62. The standard InChI is InChI=1S/C22H27N3O3S/c1-4-6-20(26)23-17-9-11-18(12-10-17)24-22(29)25-21(27)16-7-13-19(14-8-16)28-15(3)5-2/h7-15H,4-6H2,1-3H3,(H,23,26)(H2,24,25,27,29)/t15-/m1/s1. The van der Waals surface area contributed by atoms with Crippen molar-refractivity contribution in [2.24, 2.45) is 0 Å². The van der Waals surface area contributed by atoms with E-state index >= 15 is 0 Å². The van der Waals surface area contributed by atoms with Gasteiger partial charge in [0, 0.05) is 23.4 Å². The highest BCUT2D eigenvalue weighted by atomic mass is 32.1. The molecule has 0 aliphatic carbocycles. The average Bonchev–Trinajstić information content (AvgIpc) is 2.70. The molecule has 0 aromatic heterocycles. The highest BCUT2D eigenvalue weighted by Gasteiger charge is 2.09. The van der Waals surface area contributed by atoms with Gasteiger partial charge in [0.15, 0.2) is 5.11 Å². The largest absolute Gasteiger partial charge is 0.491 e. The van der Waals surface area contributed by atoms with E-state index in [4.69, 9.17) is 17.0 Å². The molecule has 0 unspecified atom stereocenters. The first-order valence-corrected chi connectivity index (χ1v) is 10.1. The summed E-state index contributed by atoms with van der Waals surface area (Å²) in [5.74, 6) is 0.403. The van der Waals surface area contributed by atoms with Crippen LogP contribution in [0.15, 0.2) is 48.5 Å². The molecule has 2 rings (SSSR count). The van der Waals surface area contributed by atoms with E-state index in [9.17, 15) is 9.59 Å². The maximum absolute atomic E-state index is 12.3. The molecule has 0 fully saturated rings. The first-order valence-electron chi connectivity index (χ1n) is 9.70. The van der Waals surface area contributed by atoms with Crippen molar-refractivity contribution in [3.05, 3.63) is 54.1 Å². The molecule has 7 heteroatoms. The van der Waals surface area contributed by atoms with E-state index in [2.05, 4.69) is 22.9 Å². The van der Waals surface area contributed by atoms with Crippen molar-refractivity contribution < 1.29 is 14.3 Å². The summed E-state index contributed by atoms with van der Waals surface area (Å²) in [4.78, 5) is 24.0. The molecule has 0 saturated carbocycles. The molecule has 0 spiro atoms. The van der Waals surface area contributed by atoms with Gasteiger partial charge in [-0.25, -0.2) is 0 Å². The van der Waals surface area contributed by atoms with Crippen LogP contribution in [-0.4, -0.2) is 23.0 Å². The normalized spacial score (nSPS) is 11.3. The number of thiocarbonyl (C=S) groups is 1. The van der Waals surface area contributed by atoms with Crippen molar-refractivity contribution in [3.8, 4) is 5.75 Å². The molecule has 2 aromatic rings. The first kappa shape index (κ1) is 22.4. The predicted molar refractivity (Wildman–Crippen MR) is 120 cm³/mol. The number of benzene rings is 2. The van der Waals surface area contributed by atoms with Gasteiger partial charge in [-0.15, -0.1) is 0 Å². The van der Waals surface area contributed by atoms with Crippen LogP contribution in [0.5, 0.6) is 5.75 Å². The Morgan fingerprint density at radius 1 is 0.966 bits per heavy atom. The molecule has 0 aliphatic rings. The second kappa shape index (κ2) is 11.2. The smallest absolute Gasteiger partial charge is 0.257 e. The van der Waals surface area contributed by atoms with E-state index < -0.39 is 0 Å². The molecule has 3 N–H and O–H groups in total. The van der Waals surface area contributed by atoms with Gasteiger partial charge < -0.3 is 15.4 Å². The van der Waals surface area contributed by atoms with Gasteiger partial charge in [-0.1, -0.05) is 13.8 Å². The fourth-order valence-corrected chi connectivity index (χ4v) is 2.64. The third kappa shape index (κ3) is 7.54. The minimum atomic E-state index is -0.305. The summed E-state index contributed by atoms with van der Waals surface area (Å²) in [7, 11) is 0. The third-order valence-corrected chi connectivity index (χ3v) is 4.36. The summed E-state index contributed by atoms with van der Waals surface area (Å²) < 4.78 is 5.71. The molecule has 154 valence electrons. The van der Waals surface area contributed by atoms with Crippen LogP contribution in [0.1, 0.15) is 50.4 Å². The first-order chi connectivity index (χ1) is 13.9. The highest BCUT2D eigenvalue weighted by molar-refractivity contribution is 7.80. The quantitative estimate of drug-likeness (QED) is 0.545.